The first-order valence-corrected chi connectivity index (χ1v) is 6.91. The van der Waals surface area contributed by atoms with E-state index in [1.54, 1.807) is 7.11 Å². The quantitative estimate of drug-likeness (QED) is 0.575. The fraction of sp³-hybridized carbons (Fsp3) is 1.00. The maximum atomic E-state index is 5.74. The van der Waals surface area contributed by atoms with Gasteiger partial charge in [-0.3, -0.25) is 11.3 Å². The van der Waals surface area contributed by atoms with E-state index in [4.69, 9.17) is 10.6 Å². The summed E-state index contributed by atoms with van der Waals surface area (Å²) in [4.78, 5) is 0. The Morgan fingerprint density at radius 2 is 1.94 bits per heavy atom. The lowest BCUT2D eigenvalue weighted by molar-refractivity contribution is -0.00328. The highest BCUT2D eigenvalue weighted by Crippen LogP contribution is 2.36. The van der Waals surface area contributed by atoms with E-state index >= 15 is 0 Å². The molecule has 0 aliphatic heterocycles. The van der Waals surface area contributed by atoms with Crippen molar-refractivity contribution in [2.24, 2.45) is 23.6 Å². The van der Waals surface area contributed by atoms with E-state index in [1.165, 1.54) is 19.3 Å². The first-order valence-electron chi connectivity index (χ1n) is 6.91. The maximum absolute atomic E-state index is 5.74. The third kappa shape index (κ3) is 4.23. The van der Waals surface area contributed by atoms with Crippen LogP contribution < -0.4 is 11.3 Å². The third-order valence-corrected chi connectivity index (χ3v) is 4.69. The van der Waals surface area contributed by atoms with Crippen LogP contribution in [0.3, 0.4) is 0 Å². The lowest BCUT2D eigenvalue weighted by Gasteiger charge is -2.39. The minimum atomic E-state index is -0.0939. The van der Waals surface area contributed by atoms with Crippen LogP contribution in [0.1, 0.15) is 53.4 Å². The van der Waals surface area contributed by atoms with Crippen LogP contribution in [0.2, 0.25) is 0 Å². The van der Waals surface area contributed by atoms with Gasteiger partial charge in [-0.2, -0.15) is 0 Å². The molecule has 3 heteroatoms. The zero-order chi connectivity index (χ0) is 13.1. The van der Waals surface area contributed by atoms with E-state index in [1.807, 2.05) is 0 Å². The molecule has 4 atom stereocenters. The van der Waals surface area contributed by atoms with Gasteiger partial charge in [0, 0.05) is 13.2 Å². The Labute approximate surface area is 106 Å². The van der Waals surface area contributed by atoms with Crippen molar-refractivity contribution in [3.8, 4) is 0 Å². The second-order valence-electron chi connectivity index (χ2n) is 6.47. The van der Waals surface area contributed by atoms with Gasteiger partial charge >= 0.3 is 0 Å². The SMILES string of the molecule is COC(C)(C)CC(NN)C1CCC(C)C(C)C1. The van der Waals surface area contributed by atoms with Gasteiger partial charge in [-0.1, -0.05) is 20.3 Å². The Morgan fingerprint density at radius 3 is 2.41 bits per heavy atom. The summed E-state index contributed by atoms with van der Waals surface area (Å²) in [6.45, 7) is 9.00. The number of hydrogen-bond donors (Lipinski definition) is 2. The van der Waals surface area contributed by atoms with Gasteiger partial charge in [0.05, 0.1) is 5.60 Å². The van der Waals surface area contributed by atoms with Gasteiger partial charge in [0.2, 0.25) is 0 Å². The molecule has 0 amide bonds. The van der Waals surface area contributed by atoms with Crippen LogP contribution in [-0.4, -0.2) is 18.8 Å². The molecule has 1 aliphatic carbocycles. The standard InChI is InChI=1S/C14H30N2O/c1-10-6-7-12(8-11(10)2)13(16-15)9-14(3,4)17-5/h10-13,16H,6-9,15H2,1-5H3. The molecular formula is C14H30N2O. The number of methoxy groups -OCH3 is 1. The van der Waals surface area contributed by atoms with Gasteiger partial charge in [-0.05, 0) is 50.9 Å². The van der Waals surface area contributed by atoms with Crippen molar-refractivity contribution in [3.05, 3.63) is 0 Å². The fourth-order valence-corrected chi connectivity index (χ4v) is 2.93. The molecular weight excluding hydrogens is 212 g/mol. The van der Waals surface area contributed by atoms with Crippen molar-refractivity contribution in [2.45, 2.75) is 65.0 Å². The Bertz CT molecular complexity index is 230. The second-order valence-corrected chi connectivity index (χ2v) is 6.47. The lowest BCUT2D eigenvalue weighted by atomic mass is 9.72. The largest absolute Gasteiger partial charge is 0.379 e. The minimum absolute atomic E-state index is 0.0939. The lowest BCUT2D eigenvalue weighted by Crippen LogP contribution is -2.47. The van der Waals surface area contributed by atoms with Gasteiger partial charge < -0.3 is 4.74 Å². The van der Waals surface area contributed by atoms with E-state index in [0.29, 0.717) is 12.0 Å². The smallest absolute Gasteiger partial charge is 0.0638 e. The van der Waals surface area contributed by atoms with E-state index < -0.39 is 0 Å². The Hall–Kier alpha value is -0.120. The average Bonchev–Trinajstić information content (AvgIpc) is 2.30. The number of rotatable bonds is 5. The summed E-state index contributed by atoms with van der Waals surface area (Å²) in [5, 5.41) is 0. The molecule has 1 fully saturated rings. The zero-order valence-corrected chi connectivity index (χ0v) is 12.1. The van der Waals surface area contributed by atoms with Crippen molar-refractivity contribution < 1.29 is 4.74 Å². The third-order valence-electron chi connectivity index (χ3n) is 4.69. The number of hydrazine groups is 1. The highest BCUT2D eigenvalue weighted by molar-refractivity contribution is 4.86. The molecule has 102 valence electrons. The van der Waals surface area contributed by atoms with E-state index in [-0.39, 0.29) is 5.60 Å². The summed E-state index contributed by atoms with van der Waals surface area (Å²) >= 11 is 0. The van der Waals surface area contributed by atoms with Crippen LogP contribution in [0.5, 0.6) is 0 Å². The number of hydrogen-bond acceptors (Lipinski definition) is 3. The molecule has 0 aromatic rings. The molecule has 17 heavy (non-hydrogen) atoms. The maximum Gasteiger partial charge on any atom is 0.0638 e. The Balaban J connectivity index is 2.56. The topological polar surface area (TPSA) is 47.3 Å². The summed E-state index contributed by atoms with van der Waals surface area (Å²) in [6.07, 6.45) is 4.89. The molecule has 3 N–H and O–H groups in total. The number of nitrogens with one attached hydrogen (secondary N) is 1. The van der Waals surface area contributed by atoms with E-state index in [9.17, 15) is 0 Å². The summed E-state index contributed by atoms with van der Waals surface area (Å²) in [5.41, 5.74) is 2.92. The summed E-state index contributed by atoms with van der Waals surface area (Å²) in [6, 6.07) is 0.375. The molecule has 3 nitrogen and oxygen atoms in total. The predicted octanol–water partition coefficient (Wildman–Crippen LogP) is 2.71. The molecule has 0 bridgehead atoms. The molecule has 4 unspecified atom stereocenters. The molecule has 1 rings (SSSR count). The van der Waals surface area contributed by atoms with Gasteiger partial charge in [-0.15, -0.1) is 0 Å². The highest BCUT2D eigenvalue weighted by Gasteiger charge is 2.33. The first kappa shape index (κ1) is 14.9. The Kier molecular flexibility index (Phi) is 5.42. The van der Waals surface area contributed by atoms with Gasteiger partial charge in [-0.25, -0.2) is 0 Å². The number of nitrogens with two attached hydrogens (primary N) is 1. The van der Waals surface area contributed by atoms with Crippen LogP contribution in [0.4, 0.5) is 0 Å². The molecule has 0 radical (unpaired) electrons. The zero-order valence-electron chi connectivity index (χ0n) is 12.1. The molecule has 1 aliphatic rings. The molecule has 0 aromatic heterocycles. The Morgan fingerprint density at radius 1 is 1.29 bits per heavy atom. The first-order chi connectivity index (χ1) is 7.89. The summed E-state index contributed by atoms with van der Waals surface area (Å²) in [5.74, 6) is 8.11. The fourth-order valence-electron chi connectivity index (χ4n) is 2.93. The van der Waals surface area contributed by atoms with Gasteiger partial charge in [0.1, 0.15) is 0 Å². The van der Waals surface area contributed by atoms with Crippen molar-refractivity contribution in [2.75, 3.05) is 7.11 Å². The van der Waals surface area contributed by atoms with Crippen LogP contribution in [0, 0.1) is 17.8 Å². The van der Waals surface area contributed by atoms with E-state index in [2.05, 4.69) is 33.1 Å². The monoisotopic (exact) mass is 242 g/mol. The molecule has 0 saturated heterocycles. The normalized spacial score (nSPS) is 32.5. The predicted molar refractivity (Wildman–Crippen MR) is 72.5 cm³/mol. The molecule has 0 heterocycles. The van der Waals surface area contributed by atoms with Crippen LogP contribution in [0.25, 0.3) is 0 Å². The van der Waals surface area contributed by atoms with Crippen molar-refractivity contribution in [1.82, 2.24) is 5.43 Å². The van der Waals surface area contributed by atoms with Crippen molar-refractivity contribution >= 4 is 0 Å². The molecule has 0 aromatic carbocycles. The van der Waals surface area contributed by atoms with Crippen LogP contribution >= 0.6 is 0 Å². The molecule has 1 saturated carbocycles. The van der Waals surface area contributed by atoms with Crippen LogP contribution in [-0.2, 0) is 4.74 Å². The van der Waals surface area contributed by atoms with Gasteiger partial charge in [0.15, 0.2) is 0 Å². The summed E-state index contributed by atoms with van der Waals surface area (Å²) in [7, 11) is 1.78. The second kappa shape index (κ2) is 6.17. The molecule has 0 spiro atoms. The van der Waals surface area contributed by atoms with Crippen molar-refractivity contribution in [1.29, 1.82) is 0 Å². The van der Waals surface area contributed by atoms with Gasteiger partial charge in [0.25, 0.3) is 0 Å². The van der Waals surface area contributed by atoms with Crippen molar-refractivity contribution in [3.63, 3.8) is 0 Å². The number of ether oxygens (including phenoxy) is 1. The van der Waals surface area contributed by atoms with Crippen LogP contribution in [0.15, 0.2) is 0 Å². The summed E-state index contributed by atoms with van der Waals surface area (Å²) < 4.78 is 5.51. The van der Waals surface area contributed by atoms with E-state index in [0.717, 1.165) is 18.3 Å². The minimum Gasteiger partial charge on any atom is -0.379 e. The average molecular weight is 242 g/mol. The highest BCUT2D eigenvalue weighted by atomic mass is 16.5.